The zero-order valence-corrected chi connectivity index (χ0v) is 14.4. The molecule has 0 saturated carbocycles. The van der Waals surface area contributed by atoms with E-state index in [9.17, 15) is 4.79 Å². The molecular formula is C17H18N4O4. The highest BCUT2D eigenvalue weighted by atomic mass is 16.5. The van der Waals surface area contributed by atoms with E-state index in [1.54, 1.807) is 33.5 Å². The Hall–Kier alpha value is -3.16. The number of methoxy groups -OCH3 is 3. The number of aromatic nitrogens is 4. The minimum Gasteiger partial charge on any atom is -0.496 e. The maximum Gasteiger partial charge on any atom is 0.270 e. The molecule has 0 aliphatic heterocycles. The normalized spacial score (nSPS) is 10.7. The lowest BCUT2D eigenvalue weighted by Gasteiger charge is -2.16. The number of fused-ring (bicyclic) bond motifs is 1. The first-order valence-corrected chi connectivity index (χ1v) is 7.55. The summed E-state index contributed by atoms with van der Waals surface area (Å²) < 4.78 is 17.7. The van der Waals surface area contributed by atoms with Crippen LogP contribution in [-0.4, -0.2) is 40.8 Å². The summed E-state index contributed by atoms with van der Waals surface area (Å²) >= 11 is 0. The summed E-state index contributed by atoms with van der Waals surface area (Å²) in [6.45, 7) is 2.03. The first kappa shape index (κ1) is 16.7. The summed E-state index contributed by atoms with van der Waals surface area (Å²) in [5.41, 5.74) is 2.17. The number of rotatable bonds is 5. The van der Waals surface area contributed by atoms with Gasteiger partial charge in [0, 0.05) is 12.1 Å². The molecule has 0 saturated heterocycles. The van der Waals surface area contributed by atoms with Gasteiger partial charge in [0.05, 0.1) is 45.3 Å². The first-order chi connectivity index (χ1) is 12.1. The summed E-state index contributed by atoms with van der Waals surface area (Å²) in [6.07, 6.45) is 2.68. The molecule has 0 N–H and O–H groups in total. The molecule has 0 aliphatic rings. The van der Waals surface area contributed by atoms with Crippen molar-refractivity contribution in [3.05, 3.63) is 46.3 Å². The van der Waals surface area contributed by atoms with Crippen LogP contribution >= 0.6 is 0 Å². The van der Waals surface area contributed by atoms with Crippen molar-refractivity contribution in [2.45, 2.75) is 13.5 Å². The van der Waals surface area contributed by atoms with Gasteiger partial charge < -0.3 is 14.2 Å². The monoisotopic (exact) mass is 342 g/mol. The Morgan fingerprint density at radius 3 is 2.28 bits per heavy atom. The molecule has 2 aromatic heterocycles. The van der Waals surface area contributed by atoms with Crippen LogP contribution < -0.4 is 19.8 Å². The van der Waals surface area contributed by atoms with Gasteiger partial charge in [0.15, 0.2) is 5.65 Å². The van der Waals surface area contributed by atoms with Gasteiger partial charge in [-0.25, -0.2) is 15.0 Å². The molecule has 8 heteroatoms. The van der Waals surface area contributed by atoms with Crippen molar-refractivity contribution in [3.8, 4) is 17.2 Å². The topological polar surface area (TPSA) is 88.4 Å². The van der Waals surface area contributed by atoms with Crippen molar-refractivity contribution >= 4 is 11.2 Å². The molecule has 2 heterocycles. The van der Waals surface area contributed by atoms with Crippen LogP contribution in [0.3, 0.4) is 0 Å². The molecule has 0 spiro atoms. The lowest BCUT2D eigenvalue weighted by molar-refractivity contribution is 0.367. The van der Waals surface area contributed by atoms with Crippen LogP contribution in [0.1, 0.15) is 11.3 Å². The Labute approximate surface area is 144 Å². The highest BCUT2D eigenvalue weighted by Crippen LogP contribution is 2.34. The Kier molecular flexibility index (Phi) is 4.51. The van der Waals surface area contributed by atoms with Gasteiger partial charge >= 0.3 is 0 Å². The maximum atomic E-state index is 12.4. The molecule has 0 fully saturated rings. The van der Waals surface area contributed by atoms with Crippen LogP contribution in [0.15, 0.2) is 29.5 Å². The maximum absolute atomic E-state index is 12.4. The molecule has 1 aromatic carbocycles. The Balaban J connectivity index is 2.21. The van der Waals surface area contributed by atoms with Crippen LogP contribution in [-0.2, 0) is 6.54 Å². The zero-order chi connectivity index (χ0) is 18.0. The van der Waals surface area contributed by atoms with Gasteiger partial charge in [-0.3, -0.25) is 9.36 Å². The summed E-state index contributed by atoms with van der Waals surface area (Å²) in [4.78, 5) is 24.9. The van der Waals surface area contributed by atoms with E-state index < -0.39 is 0 Å². The standard InChI is InChI=1S/C17H18N4O4/c1-10-16-17(20-9-19-10)21(15(22)7-18-16)8-12-13(24-3)5-11(23-2)6-14(12)25-4/h5-7,9H,8H2,1-4H3. The van der Waals surface area contributed by atoms with Crippen LogP contribution in [0.2, 0.25) is 0 Å². The van der Waals surface area contributed by atoms with E-state index >= 15 is 0 Å². The van der Waals surface area contributed by atoms with Gasteiger partial charge in [0.2, 0.25) is 0 Å². The van der Waals surface area contributed by atoms with E-state index in [4.69, 9.17) is 14.2 Å². The third kappa shape index (κ3) is 2.98. The van der Waals surface area contributed by atoms with Crippen molar-refractivity contribution in [3.63, 3.8) is 0 Å². The van der Waals surface area contributed by atoms with E-state index in [2.05, 4.69) is 15.0 Å². The van der Waals surface area contributed by atoms with Gasteiger partial charge in [-0.15, -0.1) is 0 Å². The highest BCUT2D eigenvalue weighted by Gasteiger charge is 2.17. The molecule has 0 unspecified atom stereocenters. The van der Waals surface area contributed by atoms with E-state index in [1.807, 2.05) is 6.92 Å². The van der Waals surface area contributed by atoms with Gasteiger partial charge in [0.1, 0.15) is 29.1 Å². The predicted octanol–water partition coefficient (Wildman–Crippen LogP) is 1.57. The molecule has 0 atom stereocenters. The number of aryl methyl sites for hydroxylation is 1. The second kappa shape index (κ2) is 6.76. The molecule has 25 heavy (non-hydrogen) atoms. The summed E-state index contributed by atoms with van der Waals surface area (Å²) in [7, 11) is 4.67. The average molecular weight is 342 g/mol. The number of ether oxygens (including phenoxy) is 3. The number of nitrogens with zero attached hydrogens (tertiary/aromatic N) is 4. The highest BCUT2D eigenvalue weighted by molar-refractivity contribution is 5.72. The SMILES string of the molecule is COc1cc(OC)c(Cn2c(=O)cnc3c(C)ncnc32)c(OC)c1. The fourth-order valence-corrected chi connectivity index (χ4v) is 2.64. The summed E-state index contributed by atoms with van der Waals surface area (Å²) in [5, 5.41) is 0. The van der Waals surface area contributed by atoms with Crippen LogP contribution in [0.4, 0.5) is 0 Å². The molecule has 0 radical (unpaired) electrons. The fourth-order valence-electron chi connectivity index (χ4n) is 2.64. The minimum atomic E-state index is -0.273. The molecule has 0 bridgehead atoms. The van der Waals surface area contributed by atoms with Gasteiger partial charge in [-0.1, -0.05) is 0 Å². The summed E-state index contributed by atoms with van der Waals surface area (Å²) in [5.74, 6) is 1.71. The van der Waals surface area contributed by atoms with Crippen LogP contribution in [0.5, 0.6) is 17.2 Å². The average Bonchev–Trinajstić information content (AvgIpc) is 2.63. The van der Waals surface area contributed by atoms with Crippen molar-refractivity contribution in [2.24, 2.45) is 0 Å². The zero-order valence-electron chi connectivity index (χ0n) is 14.4. The number of hydrogen-bond donors (Lipinski definition) is 0. The van der Waals surface area contributed by atoms with E-state index in [1.165, 1.54) is 17.1 Å². The molecule has 3 rings (SSSR count). The van der Waals surface area contributed by atoms with Crippen LogP contribution in [0, 0.1) is 6.92 Å². The minimum absolute atomic E-state index is 0.213. The smallest absolute Gasteiger partial charge is 0.270 e. The lowest BCUT2D eigenvalue weighted by Crippen LogP contribution is -2.23. The van der Waals surface area contributed by atoms with Crippen molar-refractivity contribution in [2.75, 3.05) is 21.3 Å². The van der Waals surface area contributed by atoms with Gasteiger partial charge in [0.25, 0.3) is 5.56 Å². The summed E-state index contributed by atoms with van der Waals surface area (Å²) in [6, 6.07) is 3.49. The third-order valence-corrected chi connectivity index (χ3v) is 3.95. The molecule has 3 aromatic rings. The Bertz CT molecular complexity index is 959. The Morgan fingerprint density at radius 2 is 1.68 bits per heavy atom. The van der Waals surface area contributed by atoms with E-state index in [0.717, 1.165) is 0 Å². The lowest BCUT2D eigenvalue weighted by atomic mass is 10.1. The van der Waals surface area contributed by atoms with Crippen LogP contribution in [0.25, 0.3) is 11.2 Å². The number of hydrogen-bond acceptors (Lipinski definition) is 7. The molecular weight excluding hydrogens is 324 g/mol. The van der Waals surface area contributed by atoms with E-state index in [0.29, 0.717) is 39.7 Å². The van der Waals surface area contributed by atoms with E-state index in [-0.39, 0.29) is 12.1 Å². The van der Waals surface area contributed by atoms with Crippen molar-refractivity contribution in [1.29, 1.82) is 0 Å². The molecule has 0 aliphatic carbocycles. The molecule has 0 amide bonds. The quantitative estimate of drug-likeness (QED) is 0.695. The molecule has 130 valence electrons. The van der Waals surface area contributed by atoms with Crippen molar-refractivity contribution in [1.82, 2.24) is 19.5 Å². The van der Waals surface area contributed by atoms with Gasteiger partial charge in [-0.05, 0) is 6.92 Å². The van der Waals surface area contributed by atoms with Crippen molar-refractivity contribution < 1.29 is 14.2 Å². The number of benzene rings is 1. The third-order valence-electron chi connectivity index (χ3n) is 3.95. The predicted molar refractivity (Wildman–Crippen MR) is 91.5 cm³/mol. The largest absolute Gasteiger partial charge is 0.496 e. The first-order valence-electron chi connectivity index (χ1n) is 7.55. The molecule has 8 nitrogen and oxygen atoms in total. The fraction of sp³-hybridized carbons (Fsp3) is 0.294. The Morgan fingerprint density at radius 1 is 1.00 bits per heavy atom. The van der Waals surface area contributed by atoms with Gasteiger partial charge in [-0.2, -0.15) is 0 Å². The second-order valence-electron chi connectivity index (χ2n) is 5.32. The second-order valence-corrected chi connectivity index (χ2v) is 5.32.